The second-order valence-electron chi connectivity index (χ2n) is 6.21. The molecule has 0 spiro atoms. The van der Waals surface area contributed by atoms with Crippen molar-refractivity contribution in [3.63, 3.8) is 0 Å². The number of aromatic nitrogens is 2. The molecule has 1 aliphatic carbocycles. The molecule has 0 radical (unpaired) electrons. The van der Waals surface area contributed by atoms with Crippen molar-refractivity contribution in [2.75, 3.05) is 6.54 Å². The number of carbonyl (C=O) groups is 2. The fourth-order valence-corrected chi connectivity index (χ4v) is 3.73. The Morgan fingerprint density at radius 1 is 1.28 bits per heavy atom. The molecule has 1 aromatic heterocycles. The Labute approximate surface area is 146 Å². The van der Waals surface area contributed by atoms with Gasteiger partial charge in [0, 0.05) is 18.2 Å². The van der Waals surface area contributed by atoms with Crippen LogP contribution >= 0.6 is 11.7 Å². The molecule has 0 atom stereocenters. The normalized spacial score (nSPS) is 16.5. The van der Waals surface area contributed by atoms with Gasteiger partial charge in [-0.3, -0.25) is 19.7 Å². The van der Waals surface area contributed by atoms with E-state index in [4.69, 9.17) is 0 Å². The summed E-state index contributed by atoms with van der Waals surface area (Å²) in [6.45, 7) is 0.00230. The Balaban J connectivity index is 1.82. The fourth-order valence-electron chi connectivity index (χ4n) is 3.19. The van der Waals surface area contributed by atoms with Gasteiger partial charge < -0.3 is 10.4 Å². The van der Waals surface area contributed by atoms with Gasteiger partial charge in [0.1, 0.15) is 5.52 Å². The van der Waals surface area contributed by atoms with Crippen LogP contribution in [0.15, 0.2) is 12.1 Å². The van der Waals surface area contributed by atoms with Crippen LogP contribution < -0.4 is 5.32 Å². The van der Waals surface area contributed by atoms with E-state index in [2.05, 4.69) is 14.1 Å². The van der Waals surface area contributed by atoms with E-state index in [0.717, 1.165) is 37.1 Å². The summed E-state index contributed by atoms with van der Waals surface area (Å²) in [5.74, 6) is -1.47. The smallest absolute Gasteiger partial charge is 0.311 e. The van der Waals surface area contributed by atoms with Gasteiger partial charge in [-0.25, -0.2) is 0 Å². The molecule has 3 rings (SSSR count). The summed E-state index contributed by atoms with van der Waals surface area (Å²) in [5.41, 5.74) is -0.771. The average molecular weight is 364 g/mol. The number of hydrogen-bond donors (Lipinski definition) is 2. The first-order chi connectivity index (χ1) is 11.9. The number of carboxylic acid groups (broad SMARTS) is 1. The second kappa shape index (κ2) is 6.71. The maximum Gasteiger partial charge on any atom is 0.311 e. The Morgan fingerprint density at radius 3 is 2.64 bits per heavy atom. The van der Waals surface area contributed by atoms with Crippen LogP contribution in [0.4, 0.5) is 5.69 Å². The molecule has 0 bridgehead atoms. The predicted molar refractivity (Wildman–Crippen MR) is 89.6 cm³/mol. The van der Waals surface area contributed by atoms with Gasteiger partial charge >= 0.3 is 5.97 Å². The third-order valence-corrected chi connectivity index (χ3v) is 5.19. The van der Waals surface area contributed by atoms with Gasteiger partial charge in [-0.05, 0) is 18.9 Å². The fraction of sp³-hybridized carbons (Fsp3) is 0.467. The van der Waals surface area contributed by atoms with Crippen LogP contribution in [0, 0.1) is 15.5 Å². The van der Waals surface area contributed by atoms with Crippen molar-refractivity contribution in [2.45, 2.75) is 32.1 Å². The van der Waals surface area contributed by atoms with Crippen molar-refractivity contribution < 1.29 is 19.6 Å². The lowest BCUT2D eigenvalue weighted by molar-refractivity contribution is -0.383. The summed E-state index contributed by atoms with van der Waals surface area (Å²) >= 11 is 0.830. The Bertz CT molecular complexity index is 844. The van der Waals surface area contributed by atoms with Crippen molar-refractivity contribution >= 4 is 40.3 Å². The molecule has 1 heterocycles. The molecule has 1 saturated carbocycles. The first-order valence-corrected chi connectivity index (χ1v) is 8.58. The number of rotatable bonds is 5. The zero-order valence-electron chi connectivity index (χ0n) is 13.2. The molecule has 0 aliphatic heterocycles. The van der Waals surface area contributed by atoms with Gasteiger partial charge in [-0.15, -0.1) is 0 Å². The zero-order chi connectivity index (χ0) is 18.0. The molecule has 1 amide bonds. The third kappa shape index (κ3) is 3.29. The minimum atomic E-state index is -0.966. The number of nitro benzene ring substituents is 1. The van der Waals surface area contributed by atoms with Gasteiger partial charge in [-0.2, -0.15) is 8.75 Å². The Kier molecular flexibility index (Phi) is 4.62. The third-order valence-electron chi connectivity index (χ3n) is 4.65. The maximum absolute atomic E-state index is 12.4. The number of nitrogens with zero attached hydrogens (tertiary/aromatic N) is 3. The molecule has 25 heavy (non-hydrogen) atoms. The first-order valence-electron chi connectivity index (χ1n) is 7.85. The molecule has 1 aromatic carbocycles. The monoisotopic (exact) mass is 364 g/mol. The molecule has 9 nitrogen and oxygen atoms in total. The van der Waals surface area contributed by atoms with E-state index in [0.29, 0.717) is 12.8 Å². The van der Waals surface area contributed by atoms with Crippen LogP contribution in [-0.2, 0) is 4.79 Å². The van der Waals surface area contributed by atoms with E-state index in [1.165, 1.54) is 6.07 Å². The number of carbonyl (C=O) groups excluding carboxylic acids is 1. The van der Waals surface area contributed by atoms with Gasteiger partial charge in [-0.1, -0.05) is 19.3 Å². The van der Waals surface area contributed by atoms with E-state index < -0.39 is 22.2 Å². The first kappa shape index (κ1) is 17.2. The highest BCUT2D eigenvalue weighted by Crippen LogP contribution is 2.36. The number of benzene rings is 1. The molecule has 2 aromatic rings. The van der Waals surface area contributed by atoms with Crippen LogP contribution in [0.25, 0.3) is 11.0 Å². The largest absolute Gasteiger partial charge is 0.481 e. The summed E-state index contributed by atoms with van der Waals surface area (Å²) in [5, 5.41) is 23.3. The average Bonchev–Trinajstić information content (AvgIpc) is 3.07. The van der Waals surface area contributed by atoms with Gasteiger partial charge in [0.15, 0.2) is 5.52 Å². The number of carboxylic acids is 1. The lowest BCUT2D eigenvalue weighted by atomic mass is 9.74. The quantitative estimate of drug-likeness (QED) is 0.614. The summed E-state index contributed by atoms with van der Waals surface area (Å²) in [7, 11) is 0. The molecule has 1 aliphatic rings. The highest BCUT2D eigenvalue weighted by molar-refractivity contribution is 7.00. The second-order valence-corrected chi connectivity index (χ2v) is 6.74. The molecule has 0 saturated heterocycles. The van der Waals surface area contributed by atoms with E-state index in [1.54, 1.807) is 0 Å². The molecule has 132 valence electrons. The van der Waals surface area contributed by atoms with Crippen molar-refractivity contribution in [2.24, 2.45) is 5.41 Å². The Hall–Kier alpha value is -2.62. The maximum atomic E-state index is 12.4. The number of nitrogens with one attached hydrogen (secondary N) is 1. The van der Waals surface area contributed by atoms with Crippen LogP contribution in [0.3, 0.4) is 0 Å². The molecular weight excluding hydrogens is 348 g/mol. The van der Waals surface area contributed by atoms with Gasteiger partial charge in [0.25, 0.3) is 11.6 Å². The minimum absolute atomic E-state index is 0.00230. The van der Waals surface area contributed by atoms with E-state index in [9.17, 15) is 24.8 Å². The molecule has 2 N–H and O–H groups in total. The SMILES string of the molecule is O=C(NCC1(C(=O)O)CCCCC1)c1cc([N+](=O)[O-])c2nsnc2c1. The van der Waals surface area contributed by atoms with Gasteiger partial charge in [0.05, 0.1) is 22.1 Å². The van der Waals surface area contributed by atoms with Crippen LogP contribution in [0.2, 0.25) is 0 Å². The van der Waals surface area contributed by atoms with E-state index in [1.807, 2.05) is 0 Å². The van der Waals surface area contributed by atoms with Crippen LogP contribution in [0.5, 0.6) is 0 Å². The standard InChI is InChI=1S/C15H16N4O5S/c20-13(16-8-15(14(21)22)4-2-1-3-5-15)9-6-10-12(18-25-17-10)11(7-9)19(23)24/h6-7H,1-5,8H2,(H,16,20)(H,21,22). The zero-order valence-corrected chi connectivity index (χ0v) is 14.0. The number of fused-ring (bicyclic) bond motifs is 1. The number of hydrogen-bond acceptors (Lipinski definition) is 7. The number of aliphatic carboxylic acids is 1. The lowest BCUT2D eigenvalue weighted by Crippen LogP contribution is -2.44. The van der Waals surface area contributed by atoms with Crippen LogP contribution in [0.1, 0.15) is 42.5 Å². The summed E-state index contributed by atoms with van der Waals surface area (Å²) in [4.78, 5) is 34.6. The molecule has 10 heteroatoms. The summed E-state index contributed by atoms with van der Waals surface area (Å²) in [6.07, 6.45) is 3.63. The summed E-state index contributed by atoms with van der Waals surface area (Å²) < 4.78 is 7.82. The Morgan fingerprint density at radius 2 is 2.00 bits per heavy atom. The minimum Gasteiger partial charge on any atom is -0.481 e. The van der Waals surface area contributed by atoms with Crippen LogP contribution in [-0.4, -0.2) is 37.2 Å². The van der Waals surface area contributed by atoms with Gasteiger partial charge in [0.2, 0.25) is 0 Å². The van der Waals surface area contributed by atoms with Crippen molar-refractivity contribution in [1.29, 1.82) is 0 Å². The van der Waals surface area contributed by atoms with E-state index >= 15 is 0 Å². The van der Waals surface area contributed by atoms with E-state index in [-0.39, 0.29) is 28.8 Å². The lowest BCUT2D eigenvalue weighted by Gasteiger charge is -2.33. The topological polar surface area (TPSA) is 135 Å². The molecular formula is C15H16N4O5S. The highest BCUT2D eigenvalue weighted by atomic mass is 32.1. The highest BCUT2D eigenvalue weighted by Gasteiger charge is 2.39. The predicted octanol–water partition coefficient (Wildman–Crippen LogP) is 2.36. The number of non-ortho nitro benzene ring substituents is 1. The van der Waals surface area contributed by atoms with Crippen molar-refractivity contribution in [1.82, 2.24) is 14.1 Å². The summed E-state index contributed by atoms with van der Waals surface area (Å²) in [6, 6.07) is 2.57. The van der Waals surface area contributed by atoms with Crippen molar-refractivity contribution in [3.05, 3.63) is 27.8 Å². The number of nitro groups is 1. The van der Waals surface area contributed by atoms with Crippen molar-refractivity contribution in [3.8, 4) is 0 Å². The molecule has 1 fully saturated rings. The molecule has 0 unspecified atom stereocenters. The number of amides is 1.